The Labute approximate surface area is 192 Å². The van der Waals surface area contributed by atoms with Crippen molar-refractivity contribution in [3.8, 4) is 0 Å². The van der Waals surface area contributed by atoms with Crippen molar-refractivity contribution in [3.63, 3.8) is 0 Å². The first-order valence-electron chi connectivity index (χ1n) is 11.5. The molecule has 1 fully saturated rings. The van der Waals surface area contributed by atoms with E-state index in [4.69, 9.17) is 0 Å². The first-order valence-corrected chi connectivity index (χ1v) is 12.9. The van der Waals surface area contributed by atoms with Crippen molar-refractivity contribution < 1.29 is 13.2 Å². The fourth-order valence-electron chi connectivity index (χ4n) is 4.15. The standard InChI is InChI=1S/C25H35N3O3S/c1-19-8-9-21(3)24(17-19)32(30,31)27-23-12-10-22(11-13-23)25(29)26-14-4-5-15-28-16-6-7-20(2)18-28/h8-13,17,20,27H,4-7,14-16,18H2,1-3H3,(H,26,29). The highest BCUT2D eigenvalue weighted by Gasteiger charge is 2.18. The van der Waals surface area contributed by atoms with Gasteiger partial charge in [-0.25, -0.2) is 8.42 Å². The lowest BCUT2D eigenvalue weighted by molar-refractivity contribution is 0.0952. The third-order valence-electron chi connectivity index (χ3n) is 5.96. The number of hydrogen-bond donors (Lipinski definition) is 2. The molecule has 2 aromatic carbocycles. The maximum absolute atomic E-state index is 12.7. The zero-order valence-electron chi connectivity index (χ0n) is 19.4. The Morgan fingerprint density at radius 3 is 2.56 bits per heavy atom. The molecule has 2 N–H and O–H groups in total. The van der Waals surface area contributed by atoms with Gasteiger partial charge in [0.15, 0.2) is 0 Å². The van der Waals surface area contributed by atoms with Crippen LogP contribution in [0.25, 0.3) is 0 Å². The topological polar surface area (TPSA) is 78.5 Å². The van der Waals surface area contributed by atoms with Gasteiger partial charge in [-0.1, -0.05) is 19.1 Å². The number of amides is 1. The minimum atomic E-state index is -3.69. The number of carbonyl (C=O) groups excluding carboxylic acids is 1. The molecule has 1 unspecified atom stereocenters. The summed E-state index contributed by atoms with van der Waals surface area (Å²) in [6.07, 6.45) is 4.64. The Hall–Kier alpha value is -2.38. The van der Waals surface area contributed by atoms with E-state index in [2.05, 4.69) is 21.9 Å². The predicted octanol–water partition coefficient (Wildman–Crippen LogP) is 4.35. The lowest BCUT2D eigenvalue weighted by Gasteiger charge is -2.30. The molecule has 174 valence electrons. The number of nitrogens with zero attached hydrogens (tertiary/aromatic N) is 1. The second-order valence-electron chi connectivity index (χ2n) is 8.96. The summed E-state index contributed by atoms with van der Waals surface area (Å²) < 4.78 is 28.1. The van der Waals surface area contributed by atoms with Crippen molar-refractivity contribution >= 4 is 21.6 Å². The second kappa shape index (κ2) is 11.0. The van der Waals surface area contributed by atoms with E-state index >= 15 is 0 Å². The van der Waals surface area contributed by atoms with Gasteiger partial charge in [-0.2, -0.15) is 0 Å². The molecule has 0 radical (unpaired) electrons. The number of carbonyl (C=O) groups is 1. The van der Waals surface area contributed by atoms with E-state index in [1.165, 1.54) is 25.9 Å². The van der Waals surface area contributed by atoms with Crippen LogP contribution in [0.15, 0.2) is 47.4 Å². The third-order valence-corrected chi connectivity index (χ3v) is 7.48. The normalized spacial score (nSPS) is 17.2. The van der Waals surface area contributed by atoms with E-state index in [1.54, 1.807) is 43.3 Å². The Kier molecular flexibility index (Phi) is 8.32. The molecular formula is C25H35N3O3S. The molecule has 1 aliphatic heterocycles. The van der Waals surface area contributed by atoms with Crippen LogP contribution < -0.4 is 10.0 Å². The summed E-state index contributed by atoms with van der Waals surface area (Å²) in [6, 6.07) is 11.9. The smallest absolute Gasteiger partial charge is 0.262 e. The van der Waals surface area contributed by atoms with Crippen LogP contribution in [-0.2, 0) is 10.0 Å². The van der Waals surface area contributed by atoms with Crippen molar-refractivity contribution in [3.05, 3.63) is 59.2 Å². The van der Waals surface area contributed by atoms with Gasteiger partial charge in [0.1, 0.15) is 0 Å². The zero-order valence-corrected chi connectivity index (χ0v) is 20.2. The van der Waals surface area contributed by atoms with Gasteiger partial charge in [-0.15, -0.1) is 0 Å². The molecule has 1 saturated heterocycles. The van der Waals surface area contributed by atoms with Crippen LogP contribution in [0, 0.1) is 19.8 Å². The van der Waals surface area contributed by atoms with E-state index < -0.39 is 10.0 Å². The number of benzene rings is 2. The molecule has 32 heavy (non-hydrogen) atoms. The molecule has 1 aliphatic rings. The number of aryl methyl sites for hydroxylation is 2. The molecule has 2 aromatic rings. The molecule has 0 aliphatic carbocycles. The van der Waals surface area contributed by atoms with E-state index in [0.29, 0.717) is 23.4 Å². The first-order chi connectivity index (χ1) is 15.2. The van der Waals surface area contributed by atoms with Crippen LogP contribution in [0.1, 0.15) is 54.1 Å². The molecule has 3 rings (SSSR count). The average Bonchev–Trinajstić information content (AvgIpc) is 2.75. The van der Waals surface area contributed by atoms with Crippen molar-refractivity contribution in [1.82, 2.24) is 10.2 Å². The van der Waals surface area contributed by atoms with Crippen LogP contribution >= 0.6 is 0 Å². The molecule has 0 bridgehead atoms. The number of unbranched alkanes of at least 4 members (excludes halogenated alkanes) is 1. The minimum absolute atomic E-state index is 0.138. The molecule has 1 heterocycles. The monoisotopic (exact) mass is 457 g/mol. The van der Waals surface area contributed by atoms with Crippen LogP contribution in [0.3, 0.4) is 0 Å². The van der Waals surface area contributed by atoms with Crippen molar-refractivity contribution in [2.75, 3.05) is 30.9 Å². The Balaban J connectivity index is 1.46. The predicted molar refractivity (Wildman–Crippen MR) is 130 cm³/mol. The van der Waals surface area contributed by atoms with Crippen LogP contribution in [-0.4, -0.2) is 45.4 Å². The minimum Gasteiger partial charge on any atom is -0.352 e. The number of hydrogen-bond acceptors (Lipinski definition) is 4. The number of sulfonamides is 1. The summed E-state index contributed by atoms with van der Waals surface area (Å²) >= 11 is 0. The Morgan fingerprint density at radius 1 is 1.09 bits per heavy atom. The highest BCUT2D eigenvalue weighted by molar-refractivity contribution is 7.92. The zero-order chi connectivity index (χ0) is 23.1. The Morgan fingerprint density at radius 2 is 1.84 bits per heavy atom. The lowest BCUT2D eigenvalue weighted by Crippen LogP contribution is -2.35. The summed E-state index contributed by atoms with van der Waals surface area (Å²) in [5, 5.41) is 2.96. The molecule has 0 aromatic heterocycles. The summed E-state index contributed by atoms with van der Waals surface area (Å²) in [5.74, 6) is 0.650. The van der Waals surface area contributed by atoms with Gasteiger partial charge in [0.25, 0.3) is 15.9 Å². The van der Waals surface area contributed by atoms with E-state index in [0.717, 1.165) is 30.9 Å². The molecular weight excluding hydrogens is 422 g/mol. The SMILES string of the molecule is Cc1ccc(C)c(S(=O)(=O)Nc2ccc(C(=O)NCCCCN3CCCC(C)C3)cc2)c1. The summed E-state index contributed by atoms with van der Waals surface area (Å²) in [7, 11) is -3.69. The number of rotatable bonds is 9. The average molecular weight is 458 g/mol. The van der Waals surface area contributed by atoms with Gasteiger partial charge >= 0.3 is 0 Å². The van der Waals surface area contributed by atoms with Gasteiger partial charge in [0, 0.05) is 24.3 Å². The van der Waals surface area contributed by atoms with Gasteiger partial charge in [-0.05, 0) is 100.0 Å². The molecule has 0 saturated carbocycles. The molecule has 6 nitrogen and oxygen atoms in total. The number of likely N-dealkylation sites (tertiary alicyclic amines) is 1. The molecule has 0 spiro atoms. The second-order valence-corrected chi connectivity index (χ2v) is 10.6. The largest absolute Gasteiger partial charge is 0.352 e. The fourth-order valence-corrected chi connectivity index (χ4v) is 5.54. The first kappa shape index (κ1) is 24.3. The van der Waals surface area contributed by atoms with Crippen molar-refractivity contribution in [1.29, 1.82) is 0 Å². The number of anilines is 1. The van der Waals surface area contributed by atoms with E-state index in [1.807, 2.05) is 13.0 Å². The number of piperidine rings is 1. The molecule has 1 amide bonds. The van der Waals surface area contributed by atoms with Crippen molar-refractivity contribution in [2.45, 2.75) is 51.3 Å². The third kappa shape index (κ3) is 6.81. The molecule has 7 heteroatoms. The number of nitrogens with one attached hydrogen (secondary N) is 2. The maximum atomic E-state index is 12.7. The summed E-state index contributed by atoms with van der Waals surface area (Å²) in [5.41, 5.74) is 2.52. The highest BCUT2D eigenvalue weighted by atomic mass is 32.2. The quantitative estimate of drug-likeness (QED) is 0.549. The fraction of sp³-hybridized carbons (Fsp3) is 0.480. The Bertz CT molecular complexity index is 1020. The van der Waals surface area contributed by atoms with Gasteiger partial charge in [0.2, 0.25) is 0 Å². The summed E-state index contributed by atoms with van der Waals surface area (Å²) in [6.45, 7) is 10.1. The summed E-state index contributed by atoms with van der Waals surface area (Å²) in [4.78, 5) is 15.2. The van der Waals surface area contributed by atoms with Crippen molar-refractivity contribution in [2.24, 2.45) is 5.92 Å². The van der Waals surface area contributed by atoms with E-state index in [-0.39, 0.29) is 10.8 Å². The van der Waals surface area contributed by atoms with Crippen LogP contribution in [0.4, 0.5) is 5.69 Å². The van der Waals surface area contributed by atoms with Gasteiger partial charge < -0.3 is 10.2 Å². The van der Waals surface area contributed by atoms with Crippen LogP contribution in [0.2, 0.25) is 0 Å². The maximum Gasteiger partial charge on any atom is 0.262 e. The lowest BCUT2D eigenvalue weighted by atomic mass is 10.0. The molecule has 1 atom stereocenters. The van der Waals surface area contributed by atoms with E-state index in [9.17, 15) is 13.2 Å². The van der Waals surface area contributed by atoms with Gasteiger partial charge in [0.05, 0.1) is 4.90 Å². The highest BCUT2D eigenvalue weighted by Crippen LogP contribution is 2.21. The van der Waals surface area contributed by atoms with Crippen LogP contribution in [0.5, 0.6) is 0 Å². The van der Waals surface area contributed by atoms with Gasteiger partial charge in [-0.3, -0.25) is 9.52 Å².